The lowest BCUT2D eigenvalue weighted by Crippen LogP contribution is -2.29. The molecule has 0 atom stereocenters. The predicted molar refractivity (Wildman–Crippen MR) is 111 cm³/mol. The van der Waals surface area contributed by atoms with Crippen LogP contribution in [-0.4, -0.2) is 20.2 Å². The molecule has 1 aliphatic heterocycles. The zero-order chi connectivity index (χ0) is 20.8. The number of anilines is 2. The van der Waals surface area contributed by atoms with Crippen LogP contribution in [0, 0.1) is 13.8 Å². The van der Waals surface area contributed by atoms with Crippen molar-refractivity contribution in [1.29, 1.82) is 0 Å². The second kappa shape index (κ2) is 6.86. The van der Waals surface area contributed by atoms with E-state index in [2.05, 4.69) is 4.72 Å². The molecule has 2 amide bonds. The maximum atomic E-state index is 12.7. The highest BCUT2D eigenvalue weighted by Crippen LogP contribution is 2.29. The summed E-state index contributed by atoms with van der Waals surface area (Å²) in [6, 6.07) is 17.8. The van der Waals surface area contributed by atoms with Gasteiger partial charge in [-0.25, -0.2) is 13.3 Å². The fourth-order valence-corrected chi connectivity index (χ4v) is 4.37. The van der Waals surface area contributed by atoms with Gasteiger partial charge in [-0.1, -0.05) is 24.3 Å². The zero-order valence-corrected chi connectivity index (χ0v) is 16.7. The molecular weight excluding hydrogens is 388 g/mol. The van der Waals surface area contributed by atoms with Gasteiger partial charge in [-0.15, -0.1) is 0 Å². The Labute approximate surface area is 168 Å². The van der Waals surface area contributed by atoms with Crippen LogP contribution in [0.1, 0.15) is 31.8 Å². The highest BCUT2D eigenvalue weighted by molar-refractivity contribution is 7.92. The monoisotopic (exact) mass is 406 g/mol. The smallest absolute Gasteiger partial charge is 0.266 e. The van der Waals surface area contributed by atoms with Crippen LogP contribution in [0.15, 0.2) is 71.6 Å². The molecule has 1 N–H and O–H groups in total. The van der Waals surface area contributed by atoms with E-state index in [1.165, 1.54) is 24.3 Å². The molecule has 0 radical (unpaired) electrons. The number of sulfonamides is 1. The fourth-order valence-electron chi connectivity index (χ4n) is 3.25. The van der Waals surface area contributed by atoms with Gasteiger partial charge < -0.3 is 0 Å². The second-order valence-electron chi connectivity index (χ2n) is 6.91. The zero-order valence-electron chi connectivity index (χ0n) is 15.8. The minimum Gasteiger partial charge on any atom is -0.279 e. The van der Waals surface area contributed by atoms with Crippen LogP contribution in [0.25, 0.3) is 0 Å². The first-order chi connectivity index (χ1) is 13.8. The first-order valence-corrected chi connectivity index (χ1v) is 10.4. The van der Waals surface area contributed by atoms with E-state index in [9.17, 15) is 18.0 Å². The molecule has 0 spiro atoms. The largest absolute Gasteiger partial charge is 0.279 e. The molecule has 0 unspecified atom stereocenters. The van der Waals surface area contributed by atoms with E-state index in [1.807, 2.05) is 26.0 Å². The van der Waals surface area contributed by atoms with E-state index >= 15 is 0 Å². The SMILES string of the molecule is Cc1ccc(C)c(NS(=O)(=O)c2ccc(N3C(=O)c4ccccc4C3=O)cc2)c1. The average Bonchev–Trinajstić information content (AvgIpc) is 2.95. The lowest BCUT2D eigenvalue weighted by molar-refractivity contribution is 0.0926. The van der Waals surface area contributed by atoms with Crippen molar-refractivity contribution in [2.45, 2.75) is 18.7 Å². The Hall–Kier alpha value is -3.45. The maximum Gasteiger partial charge on any atom is 0.266 e. The van der Waals surface area contributed by atoms with Crippen molar-refractivity contribution in [3.8, 4) is 0 Å². The minimum absolute atomic E-state index is 0.0405. The Balaban J connectivity index is 1.62. The van der Waals surface area contributed by atoms with Crippen molar-refractivity contribution in [1.82, 2.24) is 0 Å². The molecule has 29 heavy (non-hydrogen) atoms. The number of hydrogen-bond acceptors (Lipinski definition) is 4. The molecule has 146 valence electrons. The van der Waals surface area contributed by atoms with Gasteiger partial charge in [0.05, 0.1) is 27.4 Å². The normalized spacial score (nSPS) is 13.5. The number of rotatable bonds is 4. The maximum absolute atomic E-state index is 12.7. The molecule has 3 aromatic rings. The van der Waals surface area contributed by atoms with E-state index in [0.29, 0.717) is 22.5 Å². The van der Waals surface area contributed by atoms with E-state index in [-0.39, 0.29) is 4.90 Å². The van der Waals surface area contributed by atoms with Crippen molar-refractivity contribution in [2.75, 3.05) is 9.62 Å². The number of aryl methyl sites for hydroxylation is 2. The molecule has 6 nitrogen and oxygen atoms in total. The summed E-state index contributed by atoms with van der Waals surface area (Å²) in [4.78, 5) is 26.2. The highest BCUT2D eigenvalue weighted by atomic mass is 32.2. The second-order valence-corrected chi connectivity index (χ2v) is 8.59. The molecule has 0 saturated heterocycles. The first-order valence-electron chi connectivity index (χ1n) is 8.96. The molecule has 0 bridgehead atoms. The van der Waals surface area contributed by atoms with Crippen LogP contribution in [0.4, 0.5) is 11.4 Å². The molecule has 4 rings (SSSR count). The third kappa shape index (κ3) is 3.30. The number of carbonyl (C=O) groups is 2. The summed E-state index contributed by atoms with van der Waals surface area (Å²) in [5.41, 5.74) is 3.25. The summed E-state index contributed by atoms with van der Waals surface area (Å²) in [6.07, 6.45) is 0. The number of fused-ring (bicyclic) bond motifs is 1. The van der Waals surface area contributed by atoms with Gasteiger partial charge in [-0.3, -0.25) is 14.3 Å². The average molecular weight is 406 g/mol. The van der Waals surface area contributed by atoms with Crippen molar-refractivity contribution in [3.63, 3.8) is 0 Å². The minimum atomic E-state index is -3.81. The Morgan fingerprint density at radius 1 is 0.793 bits per heavy atom. The number of nitrogens with one attached hydrogen (secondary N) is 1. The van der Waals surface area contributed by atoms with Crippen molar-refractivity contribution in [2.24, 2.45) is 0 Å². The standard InChI is InChI=1S/C22H18N2O4S/c1-14-7-8-15(2)20(13-14)23-29(27,28)17-11-9-16(10-12-17)24-21(25)18-5-3-4-6-19(18)22(24)26/h3-13,23H,1-2H3. The Morgan fingerprint density at radius 2 is 1.38 bits per heavy atom. The quantitative estimate of drug-likeness (QED) is 0.666. The van der Waals surface area contributed by atoms with Crippen molar-refractivity contribution < 1.29 is 18.0 Å². The Bertz CT molecular complexity index is 1210. The van der Waals surface area contributed by atoms with Gasteiger partial charge in [-0.2, -0.15) is 0 Å². The van der Waals surface area contributed by atoms with Crippen LogP contribution >= 0.6 is 0 Å². The molecule has 0 aliphatic carbocycles. The third-order valence-electron chi connectivity index (χ3n) is 4.84. The lowest BCUT2D eigenvalue weighted by atomic mass is 10.1. The van der Waals surface area contributed by atoms with E-state index in [1.54, 1.807) is 30.3 Å². The fraction of sp³-hybridized carbons (Fsp3) is 0.0909. The van der Waals surface area contributed by atoms with Crippen LogP contribution in [0.2, 0.25) is 0 Å². The number of hydrogen-bond donors (Lipinski definition) is 1. The van der Waals surface area contributed by atoms with Gasteiger partial charge in [0.1, 0.15) is 0 Å². The summed E-state index contributed by atoms with van der Waals surface area (Å²) in [5, 5.41) is 0. The molecule has 0 aromatic heterocycles. The predicted octanol–water partition coefficient (Wildman–Crippen LogP) is 3.90. The summed E-state index contributed by atoms with van der Waals surface area (Å²) < 4.78 is 28.1. The number of benzene rings is 3. The highest BCUT2D eigenvalue weighted by Gasteiger charge is 2.36. The van der Waals surface area contributed by atoms with Gasteiger partial charge >= 0.3 is 0 Å². The Kier molecular flexibility index (Phi) is 4.47. The molecule has 1 heterocycles. The summed E-state index contributed by atoms with van der Waals surface area (Å²) in [6.45, 7) is 3.71. The van der Waals surface area contributed by atoms with Gasteiger partial charge in [0, 0.05) is 0 Å². The van der Waals surface area contributed by atoms with E-state index in [4.69, 9.17) is 0 Å². The van der Waals surface area contributed by atoms with Crippen LogP contribution in [0.3, 0.4) is 0 Å². The first kappa shape index (κ1) is 18.9. The van der Waals surface area contributed by atoms with Crippen LogP contribution < -0.4 is 9.62 Å². The summed E-state index contributed by atoms with van der Waals surface area (Å²) >= 11 is 0. The van der Waals surface area contributed by atoms with Crippen molar-refractivity contribution in [3.05, 3.63) is 89.0 Å². The number of carbonyl (C=O) groups excluding carboxylic acids is 2. The Morgan fingerprint density at radius 3 is 1.97 bits per heavy atom. The number of amides is 2. The lowest BCUT2D eigenvalue weighted by Gasteiger charge is -2.15. The molecule has 3 aromatic carbocycles. The number of nitrogens with zero attached hydrogens (tertiary/aromatic N) is 1. The van der Waals surface area contributed by atoms with Gasteiger partial charge in [0.25, 0.3) is 21.8 Å². The molecule has 0 saturated carbocycles. The molecule has 1 aliphatic rings. The van der Waals surface area contributed by atoms with Crippen LogP contribution in [0.5, 0.6) is 0 Å². The number of imide groups is 1. The van der Waals surface area contributed by atoms with Crippen molar-refractivity contribution >= 4 is 33.2 Å². The van der Waals surface area contributed by atoms with Gasteiger partial charge in [0.2, 0.25) is 0 Å². The molecule has 0 fully saturated rings. The van der Waals surface area contributed by atoms with Gasteiger partial charge in [0.15, 0.2) is 0 Å². The van der Waals surface area contributed by atoms with Crippen LogP contribution in [-0.2, 0) is 10.0 Å². The van der Waals surface area contributed by atoms with Gasteiger partial charge in [-0.05, 0) is 67.4 Å². The molecular formula is C22H18N2O4S. The van der Waals surface area contributed by atoms with E-state index < -0.39 is 21.8 Å². The third-order valence-corrected chi connectivity index (χ3v) is 6.22. The summed E-state index contributed by atoms with van der Waals surface area (Å²) in [5.74, 6) is -0.843. The summed E-state index contributed by atoms with van der Waals surface area (Å²) in [7, 11) is -3.81. The molecule has 7 heteroatoms. The topological polar surface area (TPSA) is 83.6 Å². The van der Waals surface area contributed by atoms with E-state index in [0.717, 1.165) is 16.0 Å².